The Balaban J connectivity index is 1.55. The monoisotopic (exact) mass is 471 g/mol. The minimum Gasteiger partial charge on any atom is -0.493 e. The third-order valence-electron chi connectivity index (χ3n) is 4.48. The molecule has 7 nitrogen and oxygen atoms in total. The molecule has 0 amide bonds. The van der Waals surface area contributed by atoms with E-state index >= 15 is 0 Å². The zero-order chi connectivity index (χ0) is 20.9. The minimum atomic E-state index is -0.388. The summed E-state index contributed by atoms with van der Waals surface area (Å²) in [5.41, 5.74) is 0.979. The molecule has 2 heterocycles. The first-order valence-corrected chi connectivity index (χ1v) is 10.1. The summed E-state index contributed by atoms with van der Waals surface area (Å²) in [5, 5.41) is 3.73. The van der Waals surface area contributed by atoms with Gasteiger partial charge in [-0.1, -0.05) is 15.9 Å². The van der Waals surface area contributed by atoms with E-state index in [0.29, 0.717) is 45.0 Å². The highest BCUT2D eigenvalue weighted by Gasteiger charge is 2.13. The lowest BCUT2D eigenvalue weighted by molar-refractivity contribution is 0.283. The fourth-order valence-corrected chi connectivity index (χ4v) is 3.34. The predicted molar refractivity (Wildman–Crippen MR) is 116 cm³/mol. The van der Waals surface area contributed by atoms with Gasteiger partial charge in [-0.05, 0) is 30.7 Å². The molecule has 1 N–H and O–H groups in total. The van der Waals surface area contributed by atoms with E-state index in [1.54, 1.807) is 43.9 Å². The molecule has 30 heavy (non-hydrogen) atoms. The second kappa shape index (κ2) is 9.08. The Hall–Kier alpha value is -3.20. The molecule has 0 spiro atoms. The van der Waals surface area contributed by atoms with Gasteiger partial charge in [0.25, 0.3) is 0 Å². The fraction of sp³-hybridized carbons (Fsp3) is 0.190. The van der Waals surface area contributed by atoms with Crippen molar-refractivity contribution in [3.05, 3.63) is 65.7 Å². The van der Waals surface area contributed by atoms with Gasteiger partial charge < -0.3 is 19.4 Å². The van der Waals surface area contributed by atoms with Gasteiger partial charge in [-0.15, -0.1) is 0 Å². The third kappa shape index (κ3) is 4.51. The molecule has 2 aromatic heterocycles. The van der Waals surface area contributed by atoms with Gasteiger partial charge in [0.2, 0.25) is 0 Å². The van der Waals surface area contributed by atoms with Crippen LogP contribution in [-0.2, 0) is 6.54 Å². The number of hydrogen-bond donors (Lipinski definition) is 1. The van der Waals surface area contributed by atoms with Crippen molar-refractivity contribution in [2.75, 3.05) is 19.0 Å². The molecule has 2 aromatic carbocycles. The molecule has 0 unspecified atom stereocenters. The van der Waals surface area contributed by atoms with Crippen molar-refractivity contribution in [1.29, 1.82) is 0 Å². The molecule has 0 saturated carbocycles. The zero-order valence-electron chi connectivity index (χ0n) is 16.2. The van der Waals surface area contributed by atoms with Crippen molar-refractivity contribution in [2.24, 2.45) is 0 Å². The number of benzene rings is 2. The van der Waals surface area contributed by atoms with Crippen LogP contribution in [0, 0.1) is 5.82 Å². The summed E-state index contributed by atoms with van der Waals surface area (Å²) in [6.45, 7) is 1.32. The van der Waals surface area contributed by atoms with E-state index in [-0.39, 0.29) is 5.82 Å². The summed E-state index contributed by atoms with van der Waals surface area (Å²) < 4.78 is 28.3. The van der Waals surface area contributed by atoms with Crippen LogP contribution in [0.4, 0.5) is 15.9 Å². The van der Waals surface area contributed by atoms with E-state index < -0.39 is 0 Å². The van der Waals surface area contributed by atoms with Crippen molar-refractivity contribution in [2.45, 2.75) is 13.0 Å². The Labute approximate surface area is 181 Å². The number of fused-ring (bicyclic) bond motifs is 1. The van der Waals surface area contributed by atoms with Crippen LogP contribution in [0.25, 0.3) is 10.9 Å². The number of hydrogen-bond acceptors (Lipinski definition) is 6. The van der Waals surface area contributed by atoms with Crippen LogP contribution in [0.1, 0.15) is 6.42 Å². The van der Waals surface area contributed by atoms with Crippen molar-refractivity contribution in [3.63, 3.8) is 0 Å². The van der Waals surface area contributed by atoms with E-state index in [4.69, 9.17) is 9.47 Å². The summed E-state index contributed by atoms with van der Waals surface area (Å²) >= 11 is 3.26. The highest BCUT2D eigenvalue weighted by Crippen LogP contribution is 2.35. The summed E-state index contributed by atoms with van der Waals surface area (Å²) in [6.07, 6.45) is 7.68. The maximum atomic E-state index is 14.2. The van der Waals surface area contributed by atoms with Gasteiger partial charge in [0.15, 0.2) is 11.5 Å². The van der Waals surface area contributed by atoms with Crippen LogP contribution >= 0.6 is 15.9 Å². The molecule has 0 saturated heterocycles. The smallest absolute Gasteiger partial charge is 0.163 e. The van der Waals surface area contributed by atoms with Gasteiger partial charge in [-0.25, -0.2) is 19.3 Å². The Kier molecular flexibility index (Phi) is 6.08. The van der Waals surface area contributed by atoms with E-state index in [9.17, 15) is 4.39 Å². The van der Waals surface area contributed by atoms with E-state index in [1.165, 1.54) is 12.4 Å². The third-order valence-corrected chi connectivity index (χ3v) is 4.98. The first kappa shape index (κ1) is 20.1. The maximum Gasteiger partial charge on any atom is 0.163 e. The molecule has 9 heteroatoms. The van der Waals surface area contributed by atoms with Gasteiger partial charge in [0.05, 0.1) is 31.2 Å². The van der Waals surface area contributed by atoms with Gasteiger partial charge in [0.1, 0.15) is 18.0 Å². The number of nitrogens with zero attached hydrogens (tertiary/aromatic N) is 4. The van der Waals surface area contributed by atoms with Crippen LogP contribution in [-0.4, -0.2) is 33.2 Å². The van der Waals surface area contributed by atoms with Gasteiger partial charge >= 0.3 is 0 Å². The quantitative estimate of drug-likeness (QED) is 0.366. The van der Waals surface area contributed by atoms with Gasteiger partial charge in [-0.3, -0.25) is 0 Å². The number of rotatable bonds is 8. The van der Waals surface area contributed by atoms with Crippen LogP contribution in [0.5, 0.6) is 11.5 Å². The summed E-state index contributed by atoms with van der Waals surface area (Å²) in [4.78, 5) is 12.6. The average Bonchev–Trinajstić information content (AvgIpc) is 3.26. The minimum absolute atomic E-state index is 0.317. The summed E-state index contributed by atoms with van der Waals surface area (Å²) in [6, 6.07) is 8.38. The van der Waals surface area contributed by atoms with Crippen molar-refractivity contribution in [1.82, 2.24) is 19.5 Å². The van der Waals surface area contributed by atoms with Gasteiger partial charge in [-0.2, -0.15) is 0 Å². The molecule has 4 rings (SSSR count). The number of halogens is 2. The predicted octanol–water partition coefficient (Wildman–Crippen LogP) is 4.95. The lowest BCUT2D eigenvalue weighted by Gasteiger charge is -2.14. The zero-order valence-corrected chi connectivity index (χ0v) is 17.8. The molecule has 0 aliphatic heterocycles. The van der Waals surface area contributed by atoms with E-state index in [1.807, 2.05) is 10.8 Å². The van der Waals surface area contributed by atoms with Crippen LogP contribution in [0.15, 0.2) is 59.9 Å². The fourth-order valence-electron chi connectivity index (χ4n) is 3.00. The number of nitrogens with one attached hydrogen (secondary N) is 1. The number of imidazole rings is 1. The molecule has 0 aliphatic rings. The SMILES string of the molecule is COc1cc2c(Nc3ccc(Br)cc3F)ncnc2cc1OCCCn1ccnc1. The standard InChI is InChI=1S/C21H19BrFN5O2/c1-29-19-10-15-18(11-20(19)30-8-2-6-28-7-5-24-13-28)25-12-26-21(15)27-17-4-3-14(22)9-16(17)23/h3-5,7,9-13H,2,6,8H2,1H3,(H,25,26,27). The number of anilines is 2. The molecule has 0 radical (unpaired) electrons. The first-order valence-electron chi connectivity index (χ1n) is 9.27. The number of aromatic nitrogens is 4. The second-order valence-electron chi connectivity index (χ2n) is 6.49. The van der Waals surface area contributed by atoms with Crippen molar-refractivity contribution < 1.29 is 13.9 Å². The Morgan fingerprint density at radius 2 is 2.07 bits per heavy atom. The van der Waals surface area contributed by atoms with Crippen molar-refractivity contribution >= 4 is 38.3 Å². The van der Waals surface area contributed by atoms with Crippen LogP contribution in [0.3, 0.4) is 0 Å². The summed E-state index contributed by atoms with van der Waals surface area (Å²) in [5.74, 6) is 1.24. The van der Waals surface area contributed by atoms with Crippen molar-refractivity contribution in [3.8, 4) is 11.5 Å². The molecule has 4 aromatic rings. The second-order valence-corrected chi connectivity index (χ2v) is 7.41. The topological polar surface area (TPSA) is 74.1 Å². The number of methoxy groups -OCH3 is 1. The molecular weight excluding hydrogens is 453 g/mol. The highest BCUT2D eigenvalue weighted by molar-refractivity contribution is 9.10. The van der Waals surface area contributed by atoms with Gasteiger partial charge in [0, 0.05) is 34.9 Å². The molecule has 0 aliphatic carbocycles. The molecule has 0 bridgehead atoms. The number of aryl methyl sites for hydroxylation is 1. The van der Waals surface area contributed by atoms with Crippen LogP contribution in [0.2, 0.25) is 0 Å². The molecule has 0 fully saturated rings. The maximum absolute atomic E-state index is 14.2. The first-order chi connectivity index (χ1) is 14.6. The van der Waals surface area contributed by atoms with E-state index in [0.717, 1.165) is 13.0 Å². The normalized spacial score (nSPS) is 10.9. The lowest BCUT2D eigenvalue weighted by atomic mass is 10.2. The largest absolute Gasteiger partial charge is 0.493 e. The molecule has 0 atom stereocenters. The Bertz CT molecular complexity index is 1150. The Morgan fingerprint density at radius 3 is 2.83 bits per heavy atom. The van der Waals surface area contributed by atoms with Crippen LogP contribution < -0.4 is 14.8 Å². The highest BCUT2D eigenvalue weighted by atomic mass is 79.9. The summed E-state index contributed by atoms with van der Waals surface area (Å²) in [7, 11) is 1.57. The Morgan fingerprint density at radius 1 is 1.17 bits per heavy atom. The molecule has 154 valence electrons. The average molecular weight is 472 g/mol. The molecular formula is C21H19BrFN5O2. The number of ether oxygens (including phenoxy) is 2. The lowest BCUT2D eigenvalue weighted by Crippen LogP contribution is -2.04. The van der Waals surface area contributed by atoms with E-state index in [2.05, 4.69) is 36.2 Å².